The van der Waals surface area contributed by atoms with Crippen molar-refractivity contribution < 1.29 is 14.3 Å². The van der Waals surface area contributed by atoms with Crippen molar-refractivity contribution in [3.63, 3.8) is 0 Å². The van der Waals surface area contributed by atoms with Crippen molar-refractivity contribution in [1.82, 2.24) is 0 Å². The minimum absolute atomic E-state index is 0.00832. The Balaban J connectivity index is 2.31. The molecule has 0 saturated carbocycles. The van der Waals surface area contributed by atoms with E-state index in [2.05, 4.69) is 6.92 Å². The lowest BCUT2D eigenvalue weighted by Crippen LogP contribution is -2.52. The SMILES string of the molecule is CCCCCCN1C(=O)C(C)(C)Oc2ccc(C(C)=O)cc21. The van der Waals surface area contributed by atoms with Crippen LogP contribution in [0.1, 0.15) is 63.7 Å². The summed E-state index contributed by atoms with van der Waals surface area (Å²) in [5.74, 6) is 0.619. The molecule has 2 rings (SSSR count). The van der Waals surface area contributed by atoms with Crippen molar-refractivity contribution in [3.8, 4) is 5.75 Å². The summed E-state index contributed by atoms with van der Waals surface area (Å²) in [6.07, 6.45) is 4.39. The van der Waals surface area contributed by atoms with Crippen LogP contribution in [0.15, 0.2) is 18.2 Å². The number of carbonyl (C=O) groups excluding carboxylic acids is 2. The normalized spacial score (nSPS) is 16.2. The van der Waals surface area contributed by atoms with Crippen LogP contribution in [0.5, 0.6) is 5.75 Å². The quantitative estimate of drug-likeness (QED) is 0.590. The second-order valence-corrected chi connectivity index (χ2v) is 6.37. The Kier molecular flexibility index (Phi) is 4.89. The van der Waals surface area contributed by atoms with Gasteiger partial charge in [0.1, 0.15) is 5.75 Å². The lowest BCUT2D eigenvalue weighted by Gasteiger charge is -2.39. The van der Waals surface area contributed by atoms with E-state index in [1.54, 1.807) is 36.9 Å². The molecule has 22 heavy (non-hydrogen) atoms. The Hall–Kier alpha value is -1.84. The first-order valence-corrected chi connectivity index (χ1v) is 8.03. The fraction of sp³-hybridized carbons (Fsp3) is 0.556. The maximum atomic E-state index is 12.7. The maximum absolute atomic E-state index is 12.7. The number of rotatable bonds is 6. The van der Waals surface area contributed by atoms with E-state index in [1.807, 2.05) is 0 Å². The second kappa shape index (κ2) is 6.51. The number of hydrogen-bond donors (Lipinski definition) is 0. The summed E-state index contributed by atoms with van der Waals surface area (Å²) in [5.41, 5.74) is 0.456. The molecule has 0 bridgehead atoms. The van der Waals surface area contributed by atoms with Gasteiger partial charge in [-0.25, -0.2) is 0 Å². The smallest absolute Gasteiger partial charge is 0.270 e. The molecule has 0 aliphatic carbocycles. The van der Waals surface area contributed by atoms with Crippen molar-refractivity contribution in [1.29, 1.82) is 0 Å². The highest BCUT2D eigenvalue weighted by molar-refractivity contribution is 6.04. The highest BCUT2D eigenvalue weighted by Gasteiger charge is 2.40. The Labute approximate surface area is 132 Å². The van der Waals surface area contributed by atoms with Crippen molar-refractivity contribution in [2.24, 2.45) is 0 Å². The number of ketones is 1. The molecule has 1 aliphatic rings. The van der Waals surface area contributed by atoms with Gasteiger partial charge in [0.05, 0.1) is 5.69 Å². The molecular weight excluding hydrogens is 278 g/mol. The van der Waals surface area contributed by atoms with Gasteiger partial charge in [0, 0.05) is 12.1 Å². The zero-order chi connectivity index (χ0) is 16.3. The summed E-state index contributed by atoms with van der Waals surface area (Å²) >= 11 is 0. The number of nitrogens with zero attached hydrogens (tertiary/aromatic N) is 1. The first-order valence-electron chi connectivity index (χ1n) is 8.03. The lowest BCUT2D eigenvalue weighted by atomic mass is 10.0. The Morgan fingerprint density at radius 2 is 1.95 bits per heavy atom. The molecule has 0 unspecified atom stereocenters. The largest absolute Gasteiger partial charge is 0.476 e. The number of hydrogen-bond acceptors (Lipinski definition) is 3. The van der Waals surface area contributed by atoms with Gasteiger partial charge >= 0.3 is 0 Å². The molecule has 0 radical (unpaired) electrons. The van der Waals surface area contributed by atoms with Crippen molar-refractivity contribution in [2.45, 2.75) is 59.0 Å². The molecule has 0 saturated heterocycles. The molecule has 1 heterocycles. The summed E-state index contributed by atoms with van der Waals surface area (Å²) in [5, 5.41) is 0. The molecule has 0 atom stereocenters. The summed E-state index contributed by atoms with van der Waals surface area (Å²) in [6, 6.07) is 5.31. The van der Waals surface area contributed by atoms with E-state index in [0.29, 0.717) is 23.5 Å². The van der Waals surface area contributed by atoms with Crippen LogP contribution >= 0.6 is 0 Å². The summed E-state index contributed by atoms with van der Waals surface area (Å²) in [4.78, 5) is 26.1. The molecule has 0 spiro atoms. The number of amides is 1. The topological polar surface area (TPSA) is 46.6 Å². The van der Waals surface area contributed by atoms with Gasteiger partial charge in [-0.3, -0.25) is 9.59 Å². The molecule has 4 heteroatoms. The molecule has 120 valence electrons. The lowest BCUT2D eigenvalue weighted by molar-refractivity contribution is -0.132. The van der Waals surface area contributed by atoms with Crippen LogP contribution in [-0.2, 0) is 4.79 Å². The fourth-order valence-corrected chi connectivity index (χ4v) is 2.71. The van der Waals surface area contributed by atoms with Gasteiger partial charge in [0.2, 0.25) is 0 Å². The van der Waals surface area contributed by atoms with Gasteiger partial charge in [0.25, 0.3) is 5.91 Å². The zero-order valence-corrected chi connectivity index (χ0v) is 13.9. The highest BCUT2D eigenvalue weighted by atomic mass is 16.5. The monoisotopic (exact) mass is 303 g/mol. The van der Waals surface area contributed by atoms with Crippen LogP contribution in [0.3, 0.4) is 0 Å². The Morgan fingerprint density at radius 1 is 1.23 bits per heavy atom. The number of ether oxygens (including phenoxy) is 1. The van der Waals surface area contributed by atoms with Crippen LogP contribution in [0.2, 0.25) is 0 Å². The number of carbonyl (C=O) groups is 2. The highest BCUT2D eigenvalue weighted by Crippen LogP contribution is 2.38. The van der Waals surface area contributed by atoms with Crippen LogP contribution < -0.4 is 9.64 Å². The summed E-state index contributed by atoms with van der Waals surface area (Å²) in [6.45, 7) is 7.94. The molecule has 1 aromatic rings. The Morgan fingerprint density at radius 3 is 2.59 bits per heavy atom. The van der Waals surface area contributed by atoms with Crippen LogP contribution in [0.25, 0.3) is 0 Å². The van der Waals surface area contributed by atoms with E-state index in [-0.39, 0.29) is 11.7 Å². The van der Waals surface area contributed by atoms with Crippen molar-refractivity contribution in [2.75, 3.05) is 11.4 Å². The molecule has 0 N–H and O–H groups in total. The molecule has 4 nitrogen and oxygen atoms in total. The molecule has 1 aliphatic heterocycles. The minimum atomic E-state index is -0.866. The van der Waals surface area contributed by atoms with Gasteiger partial charge in [-0.05, 0) is 45.4 Å². The van der Waals surface area contributed by atoms with Crippen LogP contribution in [0, 0.1) is 0 Å². The molecule has 0 aromatic heterocycles. The Bertz CT molecular complexity index is 578. The van der Waals surface area contributed by atoms with E-state index >= 15 is 0 Å². The maximum Gasteiger partial charge on any atom is 0.270 e. The van der Waals surface area contributed by atoms with E-state index < -0.39 is 5.60 Å². The first-order chi connectivity index (χ1) is 10.4. The number of benzene rings is 1. The van der Waals surface area contributed by atoms with Crippen molar-refractivity contribution >= 4 is 17.4 Å². The third-order valence-electron chi connectivity index (χ3n) is 4.02. The van der Waals surface area contributed by atoms with Gasteiger partial charge in [-0.15, -0.1) is 0 Å². The van der Waals surface area contributed by atoms with E-state index in [9.17, 15) is 9.59 Å². The van der Waals surface area contributed by atoms with Gasteiger partial charge < -0.3 is 9.64 Å². The summed E-state index contributed by atoms with van der Waals surface area (Å²) in [7, 11) is 0. The predicted octanol–water partition coefficient (Wildman–Crippen LogP) is 3.97. The molecular formula is C18H25NO3. The number of unbranched alkanes of at least 4 members (excludes halogenated alkanes) is 3. The molecule has 1 aromatic carbocycles. The number of fused-ring (bicyclic) bond motifs is 1. The molecule has 1 amide bonds. The van der Waals surface area contributed by atoms with Gasteiger partial charge in [-0.2, -0.15) is 0 Å². The van der Waals surface area contributed by atoms with Crippen molar-refractivity contribution in [3.05, 3.63) is 23.8 Å². The average Bonchev–Trinajstić information content (AvgIpc) is 2.46. The first kappa shape index (κ1) is 16.5. The third-order valence-corrected chi connectivity index (χ3v) is 4.02. The minimum Gasteiger partial charge on any atom is -0.476 e. The van der Waals surface area contributed by atoms with Gasteiger partial charge in [0.15, 0.2) is 11.4 Å². The number of Topliss-reactive ketones (excluding diaryl/α,β-unsaturated/α-hetero) is 1. The fourth-order valence-electron chi connectivity index (χ4n) is 2.71. The van der Waals surface area contributed by atoms with E-state index in [1.165, 1.54) is 13.3 Å². The van der Waals surface area contributed by atoms with Crippen LogP contribution in [0.4, 0.5) is 5.69 Å². The molecule has 0 fully saturated rings. The predicted molar refractivity (Wildman–Crippen MR) is 87.6 cm³/mol. The third kappa shape index (κ3) is 3.32. The van der Waals surface area contributed by atoms with E-state index in [0.717, 1.165) is 19.3 Å². The second-order valence-electron chi connectivity index (χ2n) is 6.37. The van der Waals surface area contributed by atoms with Crippen LogP contribution in [-0.4, -0.2) is 23.8 Å². The average molecular weight is 303 g/mol. The van der Waals surface area contributed by atoms with E-state index in [4.69, 9.17) is 4.74 Å². The van der Waals surface area contributed by atoms with Gasteiger partial charge in [-0.1, -0.05) is 26.2 Å². The summed E-state index contributed by atoms with van der Waals surface area (Å²) < 4.78 is 5.82. The zero-order valence-electron chi connectivity index (χ0n) is 13.9. The number of anilines is 1. The standard InChI is InChI=1S/C18H25NO3/c1-5-6-7-8-11-19-15-12-14(13(2)20)9-10-16(15)22-18(3,4)17(19)21/h9-10,12H,5-8,11H2,1-4H3.